The van der Waals surface area contributed by atoms with Crippen LogP contribution in [0.4, 0.5) is 17.1 Å². The van der Waals surface area contributed by atoms with Gasteiger partial charge in [0.15, 0.2) is 5.82 Å². The second kappa shape index (κ2) is 9.30. The largest absolute Gasteiger partial charge is 0.478 e. The third-order valence-electron chi connectivity index (χ3n) is 5.16. The molecule has 0 saturated heterocycles. The van der Waals surface area contributed by atoms with Gasteiger partial charge in [-0.05, 0) is 54.6 Å². The van der Waals surface area contributed by atoms with Crippen molar-refractivity contribution in [2.75, 3.05) is 4.90 Å². The molecule has 7 heteroatoms. The van der Waals surface area contributed by atoms with Crippen molar-refractivity contribution in [3.05, 3.63) is 115 Å². The number of nitrogens with zero attached hydrogens (tertiary/aromatic N) is 5. The first-order valence-electron chi connectivity index (χ1n) is 10.6. The summed E-state index contributed by atoms with van der Waals surface area (Å²) < 4.78 is 0. The van der Waals surface area contributed by atoms with Gasteiger partial charge < -0.3 is 10.0 Å². The maximum absolute atomic E-state index is 11.8. The van der Waals surface area contributed by atoms with E-state index in [0.29, 0.717) is 22.9 Å². The molecule has 0 aliphatic heterocycles. The average Bonchev–Trinajstić information content (AvgIpc) is 2.90. The smallest absolute Gasteiger partial charge is 0.335 e. The van der Waals surface area contributed by atoms with Gasteiger partial charge in [0, 0.05) is 35.7 Å². The molecule has 0 unspecified atom stereocenters. The van der Waals surface area contributed by atoms with Crippen molar-refractivity contribution in [1.82, 2.24) is 19.9 Å². The molecular formula is C27H19N5O2. The zero-order valence-corrected chi connectivity index (χ0v) is 18.0. The Kier molecular flexibility index (Phi) is 5.73. The molecule has 3 aromatic heterocycles. The van der Waals surface area contributed by atoms with E-state index in [1.54, 1.807) is 24.7 Å². The summed E-state index contributed by atoms with van der Waals surface area (Å²) in [4.78, 5) is 31.5. The summed E-state index contributed by atoms with van der Waals surface area (Å²) in [5.74, 6) is -0.717. The molecular weight excluding hydrogens is 426 g/mol. The minimum absolute atomic E-state index is 0.0858. The van der Waals surface area contributed by atoms with Crippen molar-refractivity contribution in [2.45, 2.75) is 0 Å². The maximum Gasteiger partial charge on any atom is 0.335 e. The van der Waals surface area contributed by atoms with E-state index in [1.807, 2.05) is 72.8 Å². The van der Waals surface area contributed by atoms with Crippen LogP contribution in [0.2, 0.25) is 0 Å². The van der Waals surface area contributed by atoms with Crippen molar-refractivity contribution in [3.8, 4) is 22.9 Å². The van der Waals surface area contributed by atoms with E-state index in [4.69, 9.17) is 0 Å². The molecule has 0 spiro atoms. The van der Waals surface area contributed by atoms with Crippen molar-refractivity contribution in [1.29, 1.82) is 0 Å². The number of carboxylic acids is 1. The molecule has 5 aromatic rings. The number of carboxylic acid groups (broad SMARTS) is 1. The van der Waals surface area contributed by atoms with Crippen molar-refractivity contribution in [2.24, 2.45) is 0 Å². The molecule has 1 N–H and O–H groups in total. The summed E-state index contributed by atoms with van der Waals surface area (Å²) in [6, 6.07) is 28.5. The Balaban J connectivity index is 1.64. The predicted molar refractivity (Wildman–Crippen MR) is 130 cm³/mol. The fraction of sp³-hybridized carbons (Fsp3) is 0. The zero-order chi connectivity index (χ0) is 23.3. The highest BCUT2D eigenvalue weighted by Gasteiger charge is 2.16. The van der Waals surface area contributed by atoms with E-state index in [9.17, 15) is 9.90 Å². The first kappa shape index (κ1) is 21.0. The van der Waals surface area contributed by atoms with Crippen molar-refractivity contribution < 1.29 is 9.90 Å². The van der Waals surface area contributed by atoms with Gasteiger partial charge in [0.2, 0.25) is 0 Å². The van der Waals surface area contributed by atoms with Crippen LogP contribution in [0.3, 0.4) is 0 Å². The summed E-state index contributed by atoms with van der Waals surface area (Å²) in [6.07, 6.45) is 4.87. The number of anilines is 3. The van der Waals surface area contributed by atoms with Crippen molar-refractivity contribution >= 4 is 23.0 Å². The Bertz CT molecular complexity index is 1390. The van der Waals surface area contributed by atoms with Gasteiger partial charge >= 0.3 is 5.97 Å². The summed E-state index contributed by atoms with van der Waals surface area (Å²) in [6.45, 7) is 0. The van der Waals surface area contributed by atoms with Gasteiger partial charge in [-0.25, -0.2) is 19.7 Å². The lowest BCUT2D eigenvalue weighted by Gasteiger charge is -2.25. The number of rotatable bonds is 6. The lowest BCUT2D eigenvalue weighted by atomic mass is 10.1. The van der Waals surface area contributed by atoms with Crippen LogP contribution in [0.15, 0.2) is 110 Å². The number of benzene rings is 2. The van der Waals surface area contributed by atoms with Gasteiger partial charge in [0.05, 0.1) is 17.0 Å². The van der Waals surface area contributed by atoms with Crippen LogP contribution >= 0.6 is 0 Å². The Hall–Kier alpha value is -4.91. The molecule has 0 saturated carbocycles. The second-order valence-electron chi connectivity index (χ2n) is 7.41. The fourth-order valence-electron chi connectivity index (χ4n) is 3.63. The second-order valence-corrected chi connectivity index (χ2v) is 7.41. The van der Waals surface area contributed by atoms with E-state index in [-0.39, 0.29) is 5.56 Å². The maximum atomic E-state index is 11.8. The first-order chi connectivity index (χ1) is 16.7. The van der Waals surface area contributed by atoms with Gasteiger partial charge in [0.1, 0.15) is 5.69 Å². The minimum Gasteiger partial charge on any atom is -0.478 e. The SMILES string of the molecule is O=C(O)c1cc(-c2cc(N(c3ccccc3)c3ccccc3)ccn2)nc(-c2ncccn2)c1. The topological polar surface area (TPSA) is 92.1 Å². The molecule has 0 aliphatic rings. The Morgan fingerprint density at radius 2 is 1.24 bits per heavy atom. The van der Waals surface area contributed by atoms with Crippen LogP contribution in [-0.2, 0) is 0 Å². The van der Waals surface area contributed by atoms with Crippen LogP contribution in [0.1, 0.15) is 10.4 Å². The van der Waals surface area contributed by atoms with E-state index < -0.39 is 5.97 Å². The molecule has 2 aromatic carbocycles. The fourth-order valence-corrected chi connectivity index (χ4v) is 3.63. The van der Waals surface area contributed by atoms with E-state index in [1.165, 1.54) is 12.1 Å². The monoisotopic (exact) mass is 445 g/mol. The first-order valence-corrected chi connectivity index (χ1v) is 10.6. The predicted octanol–water partition coefficient (Wildman–Crippen LogP) is 5.77. The molecule has 3 heterocycles. The molecule has 0 amide bonds. The zero-order valence-electron chi connectivity index (χ0n) is 18.0. The molecule has 0 bridgehead atoms. The molecule has 0 fully saturated rings. The van der Waals surface area contributed by atoms with Gasteiger partial charge in [-0.2, -0.15) is 0 Å². The van der Waals surface area contributed by atoms with Gasteiger partial charge in [-0.3, -0.25) is 4.98 Å². The Morgan fingerprint density at radius 1 is 0.618 bits per heavy atom. The normalized spacial score (nSPS) is 10.6. The lowest BCUT2D eigenvalue weighted by molar-refractivity contribution is 0.0697. The van der Waals surface area contributed by atoms with E-state index in [2.05, 4.69) is 24.8 Å². The number of carbonyl (C=O) groups is 1. The molecule has 0 atom stereocenters. The summed E-state index contributed by atoms with van der Waals surface area (Å²) >= 11 is 0. The number of para-hydroxylation sites is 2. The highest BCUT2D eigenvalue weighted by atomic mass is 16.4. The molecule has 7 nitrogen and oxygen atoms in total. The third-order valence-corrected chi connectivity index (χ3v) is 5.16. The number of aromatic nitrogens is 4. The number of pyridine rings is 2. The van der Waals surface area contributed by atoms with Crippen LogP contribution < -0.4 is 4.90 Å². The number of hydrogen-bond acceptors (Lipinski definition) is 6. The number of hydrogen-bond donors (Lipinski definition) is 1. The van der Waals surface area contributed by atoms with Crippen LogP contribution in [-0.4, -0.2) is 31.0 Å². The standard InChI is InChI=1S/C27H19N5O2/c33-27(34)19-16-24(31-25(17-19)26-29-13-7-14-30-26)23-18-22(12-15-28-23)32(20-8-3-1-4-9-20)21-10-5-2-6-11-21/h1-18H,(H,33,34). The van der Waals surface area contributed by atoms with Crippen molar-refractivity contribution in [3.63, 3.8) is 0 Å². The van der Waals surface area contributed by atoms with Gasteiger partial charge in [-0.15, -0.1) is 0 Å². The molecule has 164 valence electrons. The van der Waals surface area contributed by atoms with Crippen LogP contribution in [0, 0.1) is 0 Å². The van der Waals surface area contributed by atoms with Gasteiger partial charge in [0.25, 0.3) is 0 Å². The summed E-state index contributed by atoms with van der Waals surface area (Å²) in [7, 11) is 0. The summed E-state index contributed by atoms with van der Waals surface area (Å²) in [5, 5.41) is 9.67. The highest BCUT2D eigenvalue weighted by Crippen LogP contribution is 2.35. The third kappa shape index (κ3) is 4.35. The van der Waals surface area contributed by atoms with Gasteiger partial charge in [-0.1, -0.05) is 36.4 Å². The molecule has 0 aliphatic carbocycles. The van der Waals surface area contributed by atoms with Crippen LogP contribution in [0.25, 0.3) is 22.9 Å². The highest BCUT2D eigenvalue weighted by molar-refractivity contribution is 5.90. The Labute approximate surface area is 196 Å². The quantitative estimate of drug-likeness (QED) is 0.355. The van der Waals surface area contributed by atoms with E-state index >= 15 is 0 Å². The molecule has 0 radical (unpaired) electrons. The minimum atomic E-state index is -1.06. The van der Waals surface area contributed by atoms with Crippen LogP contribution in [0.5, 0.6) is 0 Å². The summed E-state index contributed by atoms with van der Waals surface area (Å²) in [5.41, 5.74) is 4.24. The average molecular weight is 445 g/mol. The molecule has 5 rings (SSSR count). The lowest BCUT2D eigenvalue weighted by Crippen LogP contribution is -2.10. The number of aromatic carboxylic acids is 1. The Morgan fingerprint density at radius 3 is 1.85 bits per heavy atom. The van der Waals surface area contributed by atoms with E-state index in [0.717, 1.165) is 17.1 Å². The molecule has 34 heavy (non-hydrogen) atoms.